The molecule has 0 saturated carbocycles. The normalized spacial score (nSPS) is 12.5. The van der Waals surface area contributed by atoms with E-state index in [2.05, 4.69) is 10.1 Å². The molecule has 0 saturated heterocycles. The van der Waals surface area contributed by atoms with Gasteiger partial charge in [-0.05, 0) is 38.5 Å². The summed E-state index contributed by atoms with van der Waals surface area (Å²) in [7, 11) is 0. The molecule has 24 heavy (non-hydrogen) atoms. The zero-order chi connectivity index (χ0) is 17.1. The van der Waals surface area contributed by atoms with Crippen molar-refractivity contribution in [3.05, 3.63) is 52.0 Å². The summed E-state index contributed by atoms with van der Waals surface area (Å²) in [6.45, 7) is 6.31. The SMILES string of the molecule is CCO[C@H](C)c1noc(COc2ccc3c(C)cc(=O)oc3c2)n1. The van der Waals surface area contributed by atoms with Crippen LogP contribution in [0.2, 0.25) is 0 Å². The van der Waals surface area contributed by atoms with E-state index >= 15 is 0 Å². The summed E-state index contributed by atoms with van der Waals surface area (Å²) < 4.78 is 21.4. The van der Waals surface area contributed by atoms with Gasteiger partial charge in [0.15, 0.2) is 12.4 Å². The van der Waals surface area contributed by atoms with E-state index in [1.807, 2.05) is 26.8 Å². The van der Waals surface area contributed by atoms with E-state index in [-0.39, 0.29) is 18.3 Å². The van der Waals surface area contributed by atoms with Crippen molar-refractivity contribution in [2.24, 2.45) is 0 Å². The molecule has 0 radical (unpaired) electrons. The first-order valence-electron chi connectivity index (χ1n) is 7.68. The number of hydrogen-bond donors (Lipinski definition) is 0. The number of fused-ring (bicyclic) bond motifs is 1. The quantitative estimate of drug-likeness (QED) is 0.641. The predicted octanol–water partition coefficient (Wildman–Crippen LogP) is 3.16. The first-order valence-corrected chi connectivity index (χ1v) is 7.68. The molecule has 3 aromatic rings. The van der Waals surface area contributed by atoms with Crippen LogP contribution < -0.4 is 10.4 Å². The number of aryl methyl sites for hydroxylation is 1. The molecule has 0 aliphatic rings. The van der Waals surface area contributed by atoms with Gasteiger partial charge in [0.2, 0.25) is 0 Å². The van der Waals surface area contributed by atoms with Gasteiger partial charge >= 0.3 is 5.63 Å². The van der Waals surface area contributed by atoms with E-state index in [1.165, 1.54) is 6.07 Å². The molecule has 0 amide bonds. The zero-order valence-corrected chi connectivity index (χ0v) is 13.7. The van der Waals surface area contributed by atoms with Gasteiger partial charge in [0, 0.05) is 24.1 Å². The Kier molecular flexibility index (Phi) is 4.61. The van der Waals surface area contributed by atoms with Gasteiger partial charge < -0.3 is 18.4 Å². The van der Waals surface area contributed by atoms with Crippen molar-refractivity contribution in [3.63, 3.8) is 0 Å². The number of rotatable bonds is 6. The van der Waals surface area contributed by atoms with Crippen molar-refractivity contribution < 1.29 is 18.4 Å². The maximum Gasteiger partial charge on any atom is 0.336 e. The fourth-order valence-corrected chi connectivity index (χ4v) is 2.36. The summed E-state index contributed by atoms with van der Waals surface area (Å²) >= 11 is 0. The number of ether oxygens (including phenoxy) is 2. The molecule has 0 bridgehead atoms. The van der Waals surface area contributed by atoms with Gasteiger partial charge in [-0.2, -0.15) is 4.98 Å². The fourth-order valence-electron chi connectivity index (χ4n) is 2.36. The van der Waals surface area contributed by atoms with Gasteiger partial charge in [-0.3, -0.25) is 0 Å². The van der Waals surface area contributed by atoms with Gasteiger partial charge in [0.25, 0.3) is 5.89 Å². The van der Waals surface area contributed by atoms with Gasteiger partial charge in [0.05, 0.1) is 0 Å². The molecule has 0 spiro atoms. The van der Waals surface area contributed by atoms with Crippen molar-refractivity contribution in [3.8, 4) is 5.75 Å². The largest absolute Gasteiger partial charge is 0.484 e. The maximum absolute atomic E-state index is 11.5. The first kappa shape index (κ1) is 16.2. The molecule has 0 unspecified atom stereocenters. The molecule has 0 aliphatic carbocycles. The Morgan fingerprint density at radius 2 is 2.12 bits per heavy atom. The van der Waals surface area contributed by atoms with E-state index in [0.29, 0.717) is 29.7 Å². The third-order valence-electron chi connectivity index (χ3n) is 3.55. The van der Waals surface area contributed by atoms with E-state index in [4.69, 9.17) is 18.4 Å². The van der Waals surface area contributed by atoms with Crippen molar-refractivity contribution in [1.29, 1.82) is 0 Å². The van der Waals surface area contributed by atoms with E-state index in [1.54, 1.807) is 12.1 Å². The van der Waals surface area contributed by atoms with Gasteiger partial charge in [-0.1, -0.05) is 5.16 Å². The summed E-state index contributed by atoms with van der Waals surface area (Å²) in [5, 5.41) is 4.74. The predicted molar refractivity (Wildman–Crippen MR) is 85.9 cm³/mol. The standard InChI is InChI=1S/C17H18N2O5/c1-4-21-11(3)17-18-15(24-19-17)9-22-12-5-6-13-10(2)7-16(20)23-14(13)8-12/h5-8,11H,4,9H2,1-3H3/t11-/m1/s1. The maximum atomic E-state index is 11.5. The van der Waals surface area contributed by atoms with Crippen LogP contribution in [-0.4, -0.2) is 16.7 Å². The van der Waals surface area contributed by atoms with Crippen LogP contribution in [0.5, 0.6) is 5.75 Å². The number of hydrogen-bond acceptors (Lipinski definition) is 7. The Bertz CT molecular complexity index is 899. The third-order valence-corrected chi connectivity index (χ3v) is 3.55. The Morgan fingerprint density at radius 1 is 1.29 bits per heavy atom. The van der Waals surface area contributed by atoms with Crippen LogP contribution in [0.15, 0.2) is 38.0 Å². The van der Waals surface area contributed by atoms with E-state index in [9.17, 15) is 4.79 Å². The van der Waals surface area contributed by atoms with Crippen LogP contribution in [-0.2, 0) is 11.3 Å². The van der Waals surface area contributed by atoms with Crippen LogP contribution in [0.1, 0.15) is 37.2 Å². The molecule has 0 N–H and O–H groups in total. The second-order valence-electron chi connectivity index (χ2n) is 5.34. The molecular weight excluding hydrogens is 312 g/mol. The lowest BCUT2D eigenvalue weighted by Crippen LogP contribution is -2.02. The Balaban J connectivity index is 1.73. The van der Waals surface area contributed by atoms with E-state index in [0.717, 1.165) is 10.9 Å². The van der Waals surface area contributed by atoms with Crippen molar-refractivity contribution in [2.45, 2.75) is 33.5 Å². The Morgan fingerprint density at radius 3 is 2.92 bits per heavy atom. The number of nitrogens with zero attached hydrogens (tertiary/aromatic N) is 2. The van der Waals surface area contributed by atoms with Crippen molar-refractivity contribution >= 4 is 11.0 Å². The first-order chi connectivity index (χ1) is 11.6. The number of benzene rings is 1. The molecule has 7 heteroatoms. The smallest absolute Gasteiger partial charge is 0.336 e. The second kappa shape index (κ2) is 6.84. The summed E-state index contributed by atoms with van der Waals surface area (Å²) in [6, 6.07) is 6.78. The molecule has 3 rings (SSSR count). The van der Waals surface area contributed by atoms with Crippen molar-refractivity contribution in [2.75, 3.05) is 6.61 Å². The van der Waals surface area contributed by atoms with Crippen LogP contribution in [0.25, 0.3) is 11.0 Å². The summed E-state index contributed by atoms with van der Waals surface area (Å²) in [6.07, 6.45) is -0.231. The summed E-state index contributed by atoms with van der Waals surface area (Å²) in [5.41, 5.74) is 0.955. The fraction of sp³-hybridized carbons (Fsp3) is 0.353. The average Bonchev–Trinajstić information content (AvgIpc) is 3.01. The number of aromatic nitrogens is 2. The molecule has 1 atom stereocenters. The van der Waals surface area contributed by atoms with Crippen LogP contribution in [0.3, 0.4) is 0 Å². The minimum Gasteiger partial charge on any atom is -0.484 e. The summed E-state index contributed by atoms with van der Waals surface area (Å²) in [5.74, 6) is 1.38. The van der Waals surface area contributed by atoms with Gasteiger partial charge in [-0.25, -0.2) is 4.79 Å². The molecule has 2 aromatic heterocycles. The highest BCUT2D eigenvalue weighted by atomic mass is 16.5. The topological polar surface area (TPSA) is 87.6 Å². The minimum atomic E-state index is -0.386. The lowest BCUT2D eigenvalue weighted by atomic mass is 10.1. The molecule has 0 aliphatic heterocycles. The van der Waals surface area contributed by atoms with Crippen LogP contribution >= 0.6 is 0 Å². The molecule has 0 fully saturated rings. The molecular formula is C17H18N2O5. The van der Waals surface area contributed by atoms with E-state index < -0.39 is 0 Å². The lowest BCUT2D eigenvalue weighted by Gasteiger charge is -2.06. The Hall–Kier alpha value is -2.67. The third kappa shape index (κ3) is 3.46. The molecule has 7 nitrogen and oxygen atoms in total. The second-order valence-corrected chi connectivity index (χ2v) is 5.34. The van der Waals surface area contributed by atoms with Crippen molar-refractivity contribution in [1.82, 2.24) is 10.1 Å². The lowest BCUT2D eigenvalue weighted by molar-refractivity contribution is 0.0683. The van der Waals surface area contributed by atoms with Crippen LogP contribution in [0.4, 0.5) is 0 Å². The zero-order valence-electron chi connectivity index (χ0n) is 13.7. The highest BCUT2D eigenvalue weighted by Crippen LogP contribution is 2.23. The highest BCUT2D eigenvalue weighted by Gasteiger charge is 2.14. The highest BCUT2D eigenvalue weighted by molar-refractivity contribution is 5.81. The molecule has 1 aromatic carbocycles. The van der Waals surface area contributed by atoms with Gasteiger partial charge in [0.1, 0.15) is 17.4 Å². The summed E-state index contributed by atoms with van der Waals surface area (Å²) in [4.78, 5) is 15.7. The van der Waals surface area contributed by atoms with Gasteiger partial charge in [-0.15, -0.1) is 0 Å². The van der Waals surface area contributed by atoms with Crippen LogP contribution in [0, 0.1) is 6.92 Å². The molecule has 126 valence electrons. The minimum absolute atomic E-state index is 0.118. The monoisotopic (exact) mass is 330 g/mol. The molecule has 2 heterocycles. The average molecular weight is 330 g/mol. The Labute approximate surface area is 138 Å².